The highest BCUT2D eigenvalue weighted by Crippen LogP contribution is 2.36. The predicted molar refractivity (Wildman–Crippen MR) is 75.9 cm³/mol. The van der Waals surface area contributed by atoms with Gasteiger partial charge in [0.1, 0.15) is 0 Å². The first kappa shape index (κ1) is 15.0. The van der Waals surface area contributed by atoms with Crippen LogP contribution in [0.4, 0.5) is 0 Å². The zero-order valence-corrected chi connectivity index (χ0v) is 12.6. The molecule has 0 radical (unpaired) electrons. The summed E-state index contributed by atoms with van der Waals surface area (Å²) in [6, 6.07) is 3.40. The second-order valence-electron chi connectivity index (χ2n) is 5.78. The standard InChI is InChI=1S/C14H20BNO4/c1-6-18-12(17)10-7-8-11(16-9-10)15-19-13(2,3)14(4,5)20-15/h7-9H,6H2,1-5H3. The van der Waals surface area contributed by atoms with Gasteiger partial charge >= 0.3 is 13.1 Å². The molecule has 0 saturated carbocycles. The van der Waals surface area contributed by atoms with Crippen molar-refractivity contribution >= 4 is 18.7 Å². The molecule has 1 saturated heterocycles. The fourth-order valence-electron chi connectivity index (χ4n) is 1.84. The highest BCUT2D eigenvalue weighted by molar-refractivity contribution is 6.61. The van der Waals surface area contributed by atoms with Gasteiger partial charge in [0.15, 0.2) is 0 Å². The van der Waals surface area contributed by atoms with Gasteiger partial charge in [-0.2, -0.15) is 0 Å². The molecule has 2 rings (SSSR count). The Morgan fingerprint density at radius 1 is 1.25 bits per heavy atom. The number of carbonyl (C=O) groups is 1. The van der Waals surface area contributed by atoms with E-state index in [2.05, 4.69) is 4.98 Å². The Labute approximate surface area is 119 Å². The molecule has 1 aromatic heterocycles. The molecule has 5 nitrogen and oxygen atoms in total. The van der Waals surface area contributed by atoms with Crippen LogP contribution in [0, 0.1) is 0 Å². The summed E-state index contributed by atoms with van der Waals surface area (Å²) >= 11 is 0. The maximum atomic E-state index is 11.6. The molecule has 1 aliphatic rings. The normalized spacial score (nSPS) is 19.9. The monoisotopic (exact) mass is 277 g/mol. The molecular weight excluding hydrogens is 257 g/mol. The van der Waals surface area contributed by atoms with Crippen LogP contribution in [0.25, 0.3) is 0 Å². The van der Waals surface area contributed by atoms with Crippen molar-refractivity contribution in [3.05, 3.63) is 23.9 Å². The number of aromatic nitrogens is 1. The number of rotatable bonds is 3. The fraction of sp³-hybridized carbons (Fsp3) is 0.571. The van der Waals surface area contributed by atoms with Crippen molar-refractivity contribution in [3.63, 3.8) is 0 Å². The van der Waals surface area contributed by atoms with Crippen molar-refractivity contribution in [1.82, 2.24) is 4.98 Å². The van der Waals surface area contributed by atoms with Crippen LogP contribution in [0.2, 0.25) is 0 Å². The number of ether oxygens (including phenoxy) is 1. The van der Waals surface area contributed by atoms with Gasteiger partial charge in [0, 0.05) is 6.20 Å². The van der Waals surface area contributed by atoms with Gasteiger partial charge in [-0.25, -0.2) is 4.79 Å². The Morgan fingerprint density at radius 2 is 1.85 bits per heavy atom. The minimum atomic E-state index is -0.517. The van der Waals surface area contributed by atoms with Crippen molar-refractivity contribution in [2.24, 2.45) is 0 Å². The topological polar surface area (TPSA) is 57.7 Å². The number of esters is 1. The first-order valence-electron chi connectivity index (χ1n) is 6.75. The number of pyridine rings is 1. The summed E-state index contributed by atoms with van der Waals surface area (Å²) in [6.07, 6.45) is 1.48. The van der Waals surface area contributed by atoms with E-state index in [0.29, 0.717) is 17.8 Å². The quantitative estimate of drug-likeness (QED) is 0.620. The summed E-state index contributed by atoms with van der Waals surface area (Å²) < 4.78 is 16.7. The van der Waals surface area contributed by atoms with E-state index in [1.165, 1.54) is 6.20 Å². The van der Waals surface area contributed by atoms with Crippen LogP contribution in [0.3, 0.4) is 0 Å². The lowest BCUT2D eigenvalue weighted by Gasteiger charge is -2.32. The highest BCUT2D eigenvalue weighted by atomic mass is 16.7. The second kappa shape index (κ2) is 5.18. The van der Waals surface area contributed by atoms with Crippen LogP contribution >= 0.6 is 0 Å². The van der Waals surface area contributed by atoms with Gasteiger partial charge in [-0.05, 0) is 46.8 Å². The van der Waals surface area contributed by atoms with Crippen molar-refractivity contribution in [2.75, 3.05) is 6.61 Å². The van der Waals surface area contributed by atoms with Gasteiger partial charge in [-0.3, -0.25) is 4.98 Å². The van der Waals surface area contributed by atoms with Gasteiger partial charge in [-0.15, -0.1) is 0 Å². The Hall–Kier alpha value is -1.40. The molecule has 0 bridgehead atoms. The summed E-state index contributed by atoms with van der Waals surface area (Å²) in [5.74, 6) is -0.375. The van der Waals surface area contributed by atoms with E-state index in [1.807, 2.05) is 27.7 Å². The van der Waals surface area contributed by atoms with E-state index in [0.717, 1.165) is 0 Å². The molecule has 0 atom stereocenters. The maximum absolute atomic E-state index is 11.6. The van der Waals surface area contributed by atoms with Crippen molar-refractivity contribution in [1.29, 1.82) is 0 Å². The lowest BCUT2D eigenvalue weighted by atomic mass is 9.84. The summed E-state index contributed by atoms with van der Waals surface area (Å²) in [6.45, 7) is 10.1. The average Bonchev–Trinajstić information content (AvgIpc) is 2.59. The zero-order chi connectivity index (χ0) is 15.0. The van der Waals surface area contributed by atoms with E-state index in [9.17, 15) is 4.79 Å². The molecule has 1 aliphatic heterocycles. The van der Waals surface area contributed by atoms with Crippen LogP contribution < -0.4 is 5.59 Å². The highest BCUT2D eigenvalue weighted by Gasteiger charge is 2.52. The minimum Gasteiger partial charge on any atom is -0.462 e. The molecule has 108 valence electrons. The summed E-state index contributed by atoms with van der Waals surface area (Å²) in [5.41, 5.74) is 0.266. The molecule has 0 amide bonds. The minimum absolute atomic E-state index is 0.345. The molecular formula is C14H20BNO4. The molecule has 0 aliphatic carbocycles. The van der Waals surface area contributed by atoms with Crippen LogP contribution in [0.15, 0.2) is 18.3 Å². The van der Waals surface area contributed by atoms with Gasteiger partial charge in [0.05, 0.1) is 29.0 Å². The largest absolute Gasteiger partial charge is 0.514 e. The third-order valence-electron chi connectivity index (χ3n) is 3.79. The van der Waals surface area contributed by atoms with Crippen molar-refractivity contribution in [3.8, 4) is 0 Å². The molecule has 0 N–H and O–H groups in total. The molecule has 1 fully saturated rings. The first-order chi connectivity index (χ1) is 9.27. The summed E-state index contributed by atoms with van der Waals surface area (Å²) in [5, 5.41) is 0. The van der Waals surface area contributed by atoms with Crippen LogP contribution in [-0.4, -0.2) is 35.9 Å². The summed E-state index contributed by atoms with van der Waals surface area (Å²) in [4.78, 5) is 15.8. The van der Waals surface area contributed by atoms with Gasteiger partial charge < -0.3 is 14.0 Å². The van der Waals surface area contributed by atoms with E-state index in [1.54, 1.807) is 19.1 Å². The van der Waals surface area contributed by atoms with E-state index >= 15 is 0 Å². The second-order valence-corrected chi connectivity index (χ2v) is 5.78. The molecule has 1 aromatic rings. The number of carbonyl (C=O) groups excluding carboxylic acids is 1. The van der Waals surface area contributed by atoms with E-state index in [4.69, 9.17) is 14.0 Å². The van der Waals surface area contributed by atoms with Crippen LogP contribution in [0.5, 0.6) is 0 Å². The summed E-state index contributed by atoms with van der Waals surface area (Å²) in [7, 11) is -0.517. The lowest BCUT2D eigenvalue weighted by molar-refractivity contribution is 0.00578. The van der Waals surface area contributed by atoms with Crippen molar-refractivity contribution < 1.29 is 18.8 Å². The van der Waals surface area contributed by atoms with E-state index < -0.39 is 18.3 Å². The maximum Gasteiger partial charge on any atom is 0.514 e. The third kappa shape index (κ3) is 2.71. The molecule has 0 spiro atoms. The lowest BCUT2D eigenvalue weighted by Crippen LogP contribution is -2.41. The number of hydrogen-bond acceptors (Lipinski definition) is 5. The Kier molecular flexibility index (Phi) is 3.89. The zero-order valence-electron chi connectivity index (χ0n) is 12.6. The van der Waals surface area contributed by atoms with Crippen LogP contribution in [-0.2, 0) is 14.0 Å². The first-order valence-corrected chi connectivity index (χ1v) is 6.75. The molecule has 0 unspecified atom stereocenters. The smallest absolute Gasteiger partial charge is 0.462 e. The molecule has 20 heavy (non-hydrogen) atoms. The SMILES string of the molecule is CCOC(=O)c1ccc(B2OC(C)(C)C(C)(C)O2)nc1. The van der Waals surface area contributed by atoms with Gasteiger partial charge in [-0.1, -0.05) is 0 Å². The Morgan fingerprint density at radius 3 is 2.30 bits per heavy atom. The van der Waals surface area contributed by atoms with Gasteiger partial charge in [0.2, 0.25) is 0 Å². The van der Waals surface area contributed by atoms with Crippen LogP contribution in [0.1, 0.15) is 45.0 Å². The fourth-order valence-corrected chi connectivity index (χ4v) is 1.84. The number of hydrogen-bond donors (Lipinski definition) is 0. The average molecular weight is 277 g/mol. The Balaban J connectivity index is 2.14. The van der Waals surface area contributed by atoms with Gasteiger partial charge in [0.25, 0.3) is 0 Å². The van der Waals surface area contributed by atoms with E-state index in [-0.39, 0.29) is 5.97 Å². The molecule has 6 heteroatoms. The third-order valence-corrected chi connectivity index (χ3v) is 3.79. The Bertz CT molecular complexity index is 482. The number of nitrogens with zero attached hydrogens (tertiary/aromatic N) is 1. The molecule has 0 aromatic carbocycles. The molecule has 2 heterocycles. The predicted octanol–water partition coefficient (Wildman–Crippen LogP) is 1.56. The van der Waals surface area contributed by atoms with Crippen molar-refractivity contribution in [2.45, 2.75) is 45.8 Å².